The van der Waals surface area contributed by atoms with Crippen molar-refractivity contribution in [1.82, 2.24) is 4.98 Å². The van der Waals surface area contributed by atoms with Crippen molar-refractivity contribution in [3.05, 3.63) is 64.4 Å². The largest absolute Gasteiger partial charge is 0.320 e. The van der Waals surface area contributed by atoms with Gasteiger partial charge in [-0.15, -0.1) is 0 Å². The Morgan fingerprint density at radius 1 is 1.30 bits per heavy atom. The molecule has 0 fully saturated rings. The second-order valence-electron chi connectivity index (χ2n) is 3.89. The van der Waals surface area contributed by atoms with Crippen LogP contribution in [0.4, 0.5) is 5.69 Å². The van der Waals surface area contributed by atoms with Gasteiger partial charge >= 0.3 is 0 Å². The summed E-state index contributed by atoms with van der Waals surface area (Å²) in [5, 5.41) is 11.8. The molecule has 0 saturated carbocycles. The van der Waals surface area contributed by atoms with E-state index in [4.69, 9.17) is 5.26 Å². The number of anilines is 1. The van der Waals surface area contributed by atoms with Crippen molar-refractivity contribution in [2.75, 3.05) is 5.32 Å². The lowest BCUT2D eigenvalue weighted by Gasteiger charge is -2.06. The van der Waals surface area contributed by atoms with Crippen molar-refractivity contribution in [2.24, 2.45) is 0 Å². The van der Waals surface area contributed by atoms with Crippen LogP contribution in [-0.2, 0) is 4.79 Å². The second-order valence-corrected chi connectivity index (χ2v) is 4.74. The number of hydrogen-bond acceptors (Lipinski definition) is 3. The number of halogens is 1. The van der Waals surface area contributed by atoms with Gasteiger partial charge in [-0.1, -0.05) is 18.2 Å². The first kappa shape index (κ1) is 14.0. The molecule has 20 heavy (non-hydrogen) atoms. The van der Waals surface area contributed by atoms with Gasteiger partial charge in [0.1, 0.15) is 11.6 Å². The smallest absolute Gasteiger partial charge is 0.266 e. The second kappa shape index (κ2) is 6.64. The number of aromatic nitrogens is 1. The Kier molecular flexibility index (Phi) is 4.64. The van der Waals surface area contributed by atoms with Gasteiger partial charge in [0.15, 0.2) is 0 Å². The summed E-state index contributed by atoms with van der Waals surface area (Å²) < 4.78 is 0.756. The van der Waals surface area contributed by atoms with Crippen LogP contribution in [0.5, 0.6) is 0 Å². The molecule has 2 aromatic rings. The minimum absolute atomic E-state index is 0.0220. The zero-order chi connectivity index (χ0) is 14.4. The molecule has 4 nitrogen and oxygen atoms in total. The summed E-state index contributed by atoms with van der Waals surface area (Å²) in [5.74, 6) is -0.455. The maximum Gasteiger partial charge on any atom is 0.266 e. The van der Waals surface area contributed by atoms with Gasteiger partial charge in [0.25, 0.3) is 5.91 Å². The van der Waals surface area contributed by atoms with E-state index in [1.807, 2.05) is 18.2 Å². The lowest BCUT2D eigenvalue weighted by molar-refractivity contribution is -0.112. The summed E-state index contributed by atoms with van der Waals surface area (Å²) in [6.45, 7) is 0. The van der Waals surface area contributed by atoms with Crippen molar-refractivity contribution in [2.45, 2.75) is 0 Å². The van der Waals surface area contributed by atoms with Crippen LogP contribution in [0, 0.1) is 11.3 Å². The molecule has 1 heterocycles. The molecule has 0 radical (unpaired) electrons. The highest BCUT2D eigenvalue weighted by Gasteiger charge is 2.10. The predicted molar refractivity (Wildman–Crippen MR) is 80.6 cm³/mol. The van der Waals surface area contributed by atoms with Gasteiger partial charge in [-0.05, 0) is 45.8 Å². The molecule has 98 valence electrons. The summed E-state index contributed by atoms with van der Waals surface area (Å²) in [6, 6.07) is 12.6. The molecule has 0 aliphatic carbocycles. The molecule has 0 aliphatic rings. The van der Waals surface area contributed by atoms with E-state index in [1.54, 1.807) is 36.7 Å². The molecule has 2 rings (SSSR count). The van der Waals surface area contributed by atoms with Crippen molar-refractivity contribution in [3.63, 3.8) is 0 Å². The molecule has 5 heteroatoms. The van der Waals surface area contributed by atoms with E-state index >= 15 is 0 Å². The third-order valence-electron chi connectivity index (χ3n) is 2.48. The van der Waals surface area contributed by atoms with E-state index in [1.165, 1.54) is 6.08 Å². The monoisotopic (exact) mass is 327 g/mol. The van der Waals surface area contributed by atoms with Gasteiger partial charge in [0.2, 0.25) is 0 Å². The van der Waals surface area contributed by atoms with E-state index < -0.39 is 5.91 Å². The van der Waals surface area contributed by atoms with E-state index in [0.717, 1.165) is 4.47 Å². The lowest BCUT2D eigenvalue weighted by atomic mass is 10.1. The van der Waals surface area contributed by atoms with Crippen LogP contribution >= 0.6 is 15.9 Å². The first-order valence-corrected chi connectivity index (χ1v) is 6.57. The van der Waals surface area contributed by atoms with E-state index in [2.05, 4.69) is 26.2 Å². The average molecular weight is 328 g/mol. The van der Waals surface area contributed by atoms with Gasteiger partial charge in [-0.25, -0.2) is 0 Å². The van der Waals surface area contributed by atoms with Crippen LogP contribution in [0.25, 0.3) is 6.08 Å². The van der Waals surface area contributed by atoms with Gasteiger partial charge in [0, 0.05) is 16.9 Å². The number of nitriles is 1. The van der Waals surface area contributed by atoms with Gasteiger partial charge in [0.05, 0.1) is 5.69 Å². The number of carbonyl (C=O) groups excluding carboxylic acids is 1. The molecule has 0 aliphatic heterocycles. The Morgan fingerprint density at radius 3 is 2.75 bits per heavy atom. The van der Waals surface area contributed by atoms with Gasteiger partial charge < -0.3 is 5.32 Å². The number of rotatable bonds is 3. The fourth-order valence-corrected chi connectivity index (χ4v) is 1.91. The number of para-hydroxylation sites is 1. The SMILES string of the molecule is N#C/C(=C/c1cccnc1)C(=O)Nc1ccccc1Br. The molecule has 1 aromatic carbocycles. The fourth-order valence-electron chi connectivity index (χ4n) is 1.53. The molecule has 0 saturated heterocycles. The van der Waals surface area contributed by atoms with Crippen LogP contribution in [0.2, 0.25) is 0 Å². The maximum absolute atomic E-state index is 12.1. The average Bonchev–Trinajstić information content (AvgIpc) is 2.48. The third-order valence-corrected chi connectivity index (χ3v) is 3.17. The number of nitrogens with zero attached hydrogens (tertiary/aromatic N) is 2. The number of carbonyl (C=O) groups is 1. The number of nitrogens with one attached hydrogen (secondary N) is 1. The molecule has 1 N–H and O–H groups in total. The van der Waals surface area contributed by atoms with Crippen LogP contribution in [0.1, 0.15) is 5.56 Å². The highest BCUT2D eigenvalue weighted by molar-refractivity contribution is 9.10. The topological polar surface area (TPSA) is 65.8 Å². The lowest BCUT2D eigenvalue weighted by Crippen LogP contribution is -2.13. The first-order chi connectivity index (χ1) is 9.70. The number of pyridine rings is 1. The van der Waals surface area contributed by atoms with Crippen LogP contribution in [0.3, 0.4) is 0 Å². The molecule has 0 atom stereocenters. The molecule has 1 amide bonds. The van der Waals surface area contributed by atoms with Crippen molar-refractivity contribution in [1.29, 1.82) is 5.26 Å². The Labute approximate surface area is 124 Å². The summed E-state index contributed by atoms with van der Waals surface area (Å²) in [4.78, 5) is 16.0. The Bertz CT molecular complexity index is 690. The summed E-state index contributed by atoms with van der Waals surface area (Å²) in [5.41, 5.74) is 1.34. The van der Waals surface area contributed by atoms with Crippen molar-refractivity contribution >= 4 is 33.6 Å². The van der Waals surface area contributed by atoms with Crippen LogP contribution in [0.15, 0.2) is 58.8 Å². The van der Waals surface area contributed by atoms with E-state index in [-0.39, 0.29) is 5.57 Å². The van der Waals surface area contributed by atoms with Gasteiger partial charge in [-0.3, -0.25) is 9.78 Å². The number of benzene rings is 1. The Hall–Kier alpha value is -2.45. The highest BCUT2D eigenvalue weighted by Crippen LogP contribution is 2.21. The molecular formula is C15H10BrN3O. The number of amides is 1. The quantitative estimate of drug-likeness (QED) is 0.694. The fraction of sp³-hybridized carbons (Fsp3) is 0. The molecule has 1 aromatic heterocycles. The summed E-state index contributed by atoms with van der Waals surface area (Å²) in [7, 11) is 0. The Balaban J connectivity index is 2.21. The van der Waals surface area contributed by atoms with Crippen molar-refractivity contribution < 1.29 is 4.79 Å². The normalized spacial score (nSPS) is 10.7. The zero-order valence-corrected chi connectivity index (χ0v) is 12.0. The minimum atomic E-state index is -0.455. The standard InChI is InChI=1S/C15H10BrN3O/c16-13-5-1-2-6-14(13)19-15(20)12(9-17)8-11-4-3-7-18-10-11/h1-8,10H,(H,19,20)/b12-8-. The summed E-state index contributed by atoms with van der Waals surface area (Å²) in [6.07, 6.45) is 4.72. The maximum atomic E-state index is 12.1. The van der Waals surface area contributed by atoms with E-state index in [9.17, 15) is 4.79 Å². The molecular weight excluding hydrogens is 318 g/mol. The Morgan fingerprint density at radius 2 is 2.10 bits per heavy atom. The molecule has 0 bridgehead atoms. The van der Waals surface area contributed by atoms with E-state index in [0.29, 0.717) is 11.3 Å². The van der Waals surface area contributed by atoms with Crippen LogP contribution in [-0.4, -0.2) is 10.9 Å². The highest BCUT2D eigenvalue weighted by atomic mass is 79.9. The molecule has 0 unspecified atom stereocenters. The number of hydrogen-bond donors (Lipinski definition) is 1. The zero-order valence-electron chi connectivity index (χ0n) is 10.4. The predicted octanol–water partition coefficient (Wildman–Crippen LogP) is 3.39. The minimum Gasteiger partial charge on any atom is -0.320 e. The van der Waals surface area contributed by atoms with Crippen LogP contribution < -0.4 is 5.32 Å². The van der Waals surface area contributed by atoms with Crippen molar-refractivity contribution in [3.8, 4) is 6.07 Å². The van der Waals surface area contributed by atoms with Gasteiger partial charge in [-0.2, -0.15) is 5.26 Å². The molecule has 0 spiro atoms. The summed E-state index contributed by atoms with van der Waals surface area (Å²) >= 11 is 3.34. The first-order valence-electron chi connectivity index (χ1n) is 5.78. The third kappa shape index (κ3) is 3.53.